The Balaban J connectivity index is 1.74. The van der Waals surface area contributed by atoms with Crippen molar-refractivity contribution in [2.45, 2.75) is 19.9 Å². The van der Waals surface area contributed by atoms with Crippen LogP contribution in [-0.2, 0) is 22.5 Å². The maximum absolute atomic E-state index is 12.2. The van der Waals surface area contributed by atoms with Crippen molar-refractivity contribution < 1.29 is 14.3 Å². The molecule has 8 heteroatoms. The van der Waals surface area contributed by atoms with Crippen LogP contribution in [0.4, 0.5) is 9.80 Å². The highest BCUT2D eigenvalue weighted by atomic mass is 32.1. The number of ether oxygens (including phenoxy) is 1. The van der Waals surface area contributed by atoms with E-state index in [2.05, 4.69) is 16.4 Å². The van der Waals surface area contributed by atoms with Crippen LogP contribution in [0.2, 0.25) is 0 Å². The summed E-state index contributed by atoms with van der Waals surface area (Å²) in [6.07, 6.45) is 4.84. The molecule has 27 heavy (non-hydrogen) atoms. The molecule has 0 aromatic carbocycles. The standard InChI is InChI=1S/C19H18N4O3S/c1-2-26-19(25)23-10-8-14-15(11-20)18(27-16(14)12-23)22-17(24)7-6-13-5-3-4-9-21-13/h3-7,9H,2,8,10,12H2,1H3,(H,22,24). The van der Waals surface area contributed by atoms with Crippen LogP contribution in [0.1, 0.15) is 28.6 Å². The van der Waals surface area contributed by atoms with Crippen LogP contribution in [0.15, 0.2) is 30.5 Å². The largest absolute Gasteiger partial charge is 0.450 e. The summed E-state index contributed by atoms with van der Waals surface area (Å²) in [5.74, 6) is -0.335. The Morgan fingerprint density at radius 3 is 3.04 bits per heavy atom. The molecule has 1 aliphatic heterocycles. The van der Waals surface area contributed by atoms with Crippen molar-refractivity contribution in [3.63, 3.8) is 0 Å². The summed E-state index contributed by atoms with van der Waals surface area (Å²) < 4.78 is 5.04. The van der Waals surface area contributed by atoms with Crippen LogP contribution in [-0.4, -0.2) is 35.0 Å². The molecule has 0 aliphatic carbocycles. The summed E-state index contributed by atoms with van der Waals surface area (Å²) in [5.41, 5.74) is 2.04. The van der Waals surface area contributed by atoms with E-state index in [-0.39, 0.29) is 12.0 Å². The van der Waals surface area contributed by atoms with E-state index in [0.717, 1.165) is 10.4 Å². The number of hydrogen-bond acceptors (Lipinski definition) is 6. The first kappa shape index (κ1) is 18.6. The average molecular weight is 382 g/mol. The lowest BCUT2D eigenvalue weighted by molar-refractivity contribution is -0.111. The summed E-state index contributed by atoms with van der Waals surface area (Å²) in [5, 5.41) is 12.8. The maximum Gasteiger partial charge on any atom is 0.410 e. The Labute approximate surface area is 160 Å². The lowest BCUT2D eigenvalue weighted by Gasteiger charge is -2.25. The molecule has 2 aromatic heterocycles. The van der Waals surface area contributed by atoms with Crippen molar-refractivity contribution in [3.05, 3.63) is 52.2 Å². The van der Waals surface area contributed by atoms with Crippen molar-refractivity contribution in [2.75, 3.05) is 18.5 Å². The summed E-state index contributed by atoms with van der Waals surface area (Å²) in [7, 11) is 0. The van der Waals surface area contributed by atoms with E-state index in [4.69, 9.17) is 4.74 Å². The molecule has 0 saturated carbocycles. The van der Waals surface area contributed by atoms with Crippen LogP contribution < -0.4 is 5.32 Å². The molecule has 0 radical (unpaired) electrons. The molecule has 2 amide bonds. The quantitative estimate of drug-likeness (QED) is 0.820. The van der Waals surface area contributed by atoms with Gasteiger partial charge in [-0.1, -0.05) is 6.07 Å². The SMILES string of the molecule is CCOC(=O)N1CCc2c(sc(NC(=O)C=Cc3ccccn3)c2C#N)C1. The van der Waals surface area contributed by atoms with E-state index in [1.807, 2.05) is 6.07 Å². The summed E-state index contributed by atoms with van der Waals surface area (Å²) in [6, 6.07) is 7.60. The minimum atomic E-state index is -0.362. The normalized spacial score (nSPS) is 13.1. The lowest BCUT2D eigenvalue weighted by Crippen LogP contribution is -2.35. The van der Waals surface area contributed by atoms with Gasteiger partial charge in [-0.05, 0) is 37.1 Å². The van der Waals surface area contributed by atoms with Crippen molar-refractivity contribution >= 4 is 34.4 Å². The van der Waals surface area contributed by atoms with Crippen LogP contribution in [0.25, 0.3) is 6.08 Å². The molecule has 0 bridgehead atoms. The number of thiophene rings is 1. The third-order valence-corrected chi connectivity index (χ3v) is 5.16. The number of anilines is 1. The third kappa shape index (κ3) is 4.33. The Kier molecular flexibility index (Phi) is 5.84. The highest BCUT2D eigenvalue weighted by Crippen LogP contribution is 2.36. The van der Waals surface area contributed by atoms with E-state index < -0.39 is 0 Å². The van der Waals surface area contributed by atoms with Gasteiger partial charge in [0, 0.05) is 23.7 Å². The fourth-order valence-corrected chi connectivity index (χ4v) is 3.99. The monoisotopic (exact) mass is 382 g/mol. The zero-order valence-electron chi connectivity index (χ0n) is 14.8. The summed E-state index contributed by atoms with van der Waals surface area (Å²) in [6.45, 7) is 2.95. The van der Waals surface area contributed by atoms with Crippen LogP contribution in [0, 0.1) is 11.3 Å². The molecule has 7 nitrogen and oxygen atoms in total. The number of nitrogens with one attached hydrogen (secondary N) is 1. The van der Waals surface area contributed by atoms with Gasteiger partial charge < -0.3 is 15.0 Å². The van der Waals surface area contributed by atoms with E-state index in [1.165, 1.54) is 17.4 Å². The number of carbonyl (C=O) groups excluding carboxylic acids is 2. The van der Waals surface area contributed by atoms with Gasteiger partial charge in [0.15, 0.2) is 0 Å². The van der Waals surface area contributed by atoms with Gasteiger partial charge >= 0.3 is 6.09 Å². The van der Waals surface area contributed by atoms with Crippen LogP contribution in [0.5, 0.6) is 0 Å². The molecule has 3 heterocycles. The number of aromatic nitrogens is 1. The molecule has 3 rings (SSSR count). The zero-order valence-corrected chi connectivity index (χ0v) is 15.6. The lowest BCUT2D eigenvalue weighted by atomic mass is 10.0. The smallest absolute Gasteiger partial charge is 0.410 e. The van der Waals surface area contributed by atoms with Crippen molar-refractivity contribution in [1.82, 2.24) is 9.88 Å². The molecule has 0 spiro atoms. The topological polar surface area (TPSA) is 95.3 Å². The van der Waals surface area contributed by atoms with Gasteiger partial charge in [0.25, 0.3) is 0 Å². The first-order valence-corrected chi connectivity index (χ1v) is 9.30. The zero-order chi connectivity index (χ0) is 19.2. The molecular weight excluding hydrogens is 364 g/mol. The Morgan fingerprint density at radius 2 is 2.33 bits per heavy atom. The van der Waals surface area contributed by atoms with E-state index in [9.17, 15) is 14.9 Å². The first-order valence-electron chi connectivity index (χ1n) is 8.48. The van der Waals surface area contributed by atoms with Gasteiger partial charge in [0.05, 0.1) is 24.4 Å². The minimum absolute atomic E-state index is 0.319. The third-order valence-electron chi connectivity index (χ3n) is 4.02. The van der Waals surface area contributed by atoms with Gasteiger partial charge in [-0.15, -0.1) is 11.3 Å². The molecule has 2 aromatic rings. The fourth-order valence-electron chi connectivity index (χ4n) is 2.77. The highest BCUT2D eigenvalue weighted by Gasteiger charge is 2.27. The van der Waals surface area contributed by atoms with Crippen molar-refractivity contribution in [1.29, 1.82) is 5.26 Å². The van der Waals surface area contributed by atoms with Gasteiger partial charge in [0.2, 0.25) is 5.91 Å². The van der Waals surface area contributed by atoms with Crippen LogP contribution >= 0.6 is 11.3 Å². The molecule has 138 valence electrons. The molecule has 0 unspecified atom stereocenters. The fraction of sp³-hybridized carbons (Fsp3) is 0.263. The predicted molar refractivity (Wildman–Crippen MR) is 102 cm³/mol. The second-order valence-electron chi connectivity index (χ2n) is 5.77. The first-order chi connectivity index (χ1) is 13.1. The molecule has 0 fully saturated rings. The van der Waals surface area contributed by atoms with Gasteiger partial charge in [-0.25, -0.2) is 4.79 Å². The molecule has 1 N–H and O–H groups in total. The van der Waals surface area contributed by atoms with Gasteiger partial charge in [-0.2, -0.15) is 5.26 Å². The summed E-state index contributed by atoms with van der Waals surface area (Å²) in [4.78, 5) is 30.8. The van der Waals surface area contributed by atoms with Crippen LogP contribution in [0.3, 0.4) is 0 Å². The molecule has 0 saturated heterocycles. The Bertz CT molecular complexity index is 915. The van der Waals surface area contributed by atoms with Gasteiger partial charge in [-0.3, -0.25) is 9.78 Å². The van der Waals surface area contributed by atoms with Crippen molar-refractivity contribution in [3.8, 4) is 6.07 Å². The number of hydrogen-bond donors (Lipinski definition) is 1. The number of amides is 2. The van der Waals surface area contributed by atoms with Gasteiger partial charge in [0.1, 0.15) is 11.1 Å². The second-order valence-corrected chi connectivity index (χ2v) is 6.87. The average Bonchev–Trinajstić information content (AvgIpc) is 3.03. The van der Waals surface area contributed by atoms with E-state index in [1.54, 1.807) is 36.2 Å². The Morgan fingerprint density at radius 1 is 1.48 bits per heavy atom. The maximum atomic E-state index is 12.2. The number of fused-ring (bicyclic) bond motifs is 1. The van der Waals surface area contributed by atoms with E-state index in [0.29, 0.717) is 42.4 Å². The summed E-state index contributed by atoms with van der Waals surface area (Å²) >= 11 is 1.32. The number of nitrogens with zero attached hydrogens (tertiary/aromatic N) is 3. The molecule has 0 atom stereocenters. The molecule has 1 aliphatic rings. The minimum Gasteiger partial charge on any atom is -0.450 e. The number of rotatable bonds is 4. The number of nitriles is 1. The second kappa shape index (κ2) is 8.47. The number of pyridine rings is 1. The number of carbonyl (C=O) groups is 2. The predicted octanol–water partition coefficient (Wildman–Crippen LogP) is 3.18. The molecular formula is C19H18N4O3S. The van der Waals surface area contributed by atoms with Crippen molar-refractivity contribution in [2.24, 2.45) is 0 Å². The van der Waals surface area contributed by atoms with E-state index >= 15 is 0 Å². The highest BCUT2D eigenvalue weighted by molar-refractivity contribution is 7.16. The Hall–Kier alpha value is -3.18.